The number of sulfone groups is 1. The highest BCUT2D eigenvalue weighted by Gasteiger charge is 2.14. The van der Waals surface area contributed by atoms with Gasteiger partial charge in [0.2, 0.25) is 0 Å². The number of anilines is 1. The van der Waals surface area contributed by atoms with Gasteiger partial charge in [0.05, 0.1) is 12.7 Å². The Hall–Kier alpha value is -1.66. The van der Waals surface area contributed by atoms with E-state index in [1.807, 2.05) is 58.8 Å². The fourth-order valence-electron chi connectivity index (χ4n) is 2.56. The number of para-hydroxylation sites is 1. The lowest BCUT2D eigenvalue weighted by atomic mass is 10.3. The topological polar surface area (TPSA) is 70.4 Å². The van der Waals surface area contributed by atoms with Crippen LogP contribution < -0.4 is 4.90 Å². The van der Waals surface area contributed by atoms with E-state index in [-0.39, 0.29) is 11.0 Å². The molecular weight excluding hydrogens is 424 g/mol. The summed E-state index contributed by atoms with van der Waals surface area (Å²) < 4.78 is 29.2. The first kappa shape index (κ1) is 23.6. The summed E-state index contributed by atoms with van der Waals surface area (Å²) in [5.74, 6) is 3.88. The van der Waals surface area contributed by atoms with Crippen LogP contribution in [0.3, 0.4) is 0 Å². The van der Waals surface area contributed by atoms with E-state index in [2.05, 4.69) is 6.58 Å². The van der Waals surface area contributed by atoms with Crippen LogP contribution in [0.5, 0.6) is 0 Å². The van der Waals surface area contributed by atoms with Gasteiger partial charge in [-0.2, -0.15) is 28.8 Å². The number of ether oxygens (including phenoxy) is 1. The van der Waals surface area contributed by atoms with Crippen molar-refractivity contribution in [3.05, 3.63) is 65.7 Å². The van der Waals surface area contributed by atoms with Gasteiger partial charge < -0.3 is 9.64 Å². The third-order valence-corrected chi connectivity index (χ3v) is 7.48. The molecule has 1 heterocycles. The largest absolute Gasteiger partial charge is 0.375 e. The lowest BCUT2D eigenvalue weighted by molar-refractivity contribution is 0.0913. The molecule has 0 aromatic heterocycles. The minimum Gasteiger partial charge on any atom is -0.375 e. The first-order valence-electron chi connectivity index (χ1n) is 9.14. The Morgan fingerprint density at radius 2 is 1.97 bits per heavy atom. The Balaban J connectivity index is 2.00. The van der Waals surface area contributed by atoms with Gasteiger partial charge in [0.25, 0.3) is 0 Å². The normalized spacial score (nSPS) is 17.0. The Bertz CT molecular complexity index is 862. The van der Waals surface area contributed by atoms with Crippen LogP contribution in [-0.4, -0.2) is 56.9 Å². The number of hydrogen-bond donors (Lipinski definition) is 0. The van der Waals surface area contributed by atoms with Crippen molar-refractivity contribution in [3.8, 4) is 6.07 Å². The molecule has 1 fully saturated rings. The van der Waals surface area contributed by atoms with Crippen LogP contribution in [0.1, 0.15) is 0 Å². The molecule has 1 aromatic rings. The second kappa shape index (κ2) is 12.1. The molecule has 0 saturated carbocycles. The summed E-state index contributed by atoms with van der Waals surface area (Å²) in [6, 6.07) is 11.5. The highest BCUT2D eigenvalue weighted by atomic mass is 32.2. The van der Waals surface area contributed by atoms with Crippen molar-refractivity contribution >= 4 is 39.0 Å². The third kappa shape index (κ3) is 8.70. The van der Waals surface area contributed by atoms with Crippen molar-refractivity contribution < 1.29 is 13.2 Å². The van der Waals surface area contributed by atoms with Gasteiger partial charge in [0, 0.05) is 47.7 Å². The summed E-state index contributed by atoms with van der Waals surface area (Å²) in [6.07, 6.45) is 5.90. The van der Waals surface area contributed by atoms with E-state index in [9.17, 15) is 8.42 Å². The lowest BCUT2D eigenvalue weighted by Crippen LogP contribution is -2.27. The first-order valence-corrected chi connectivity index (χ1v) is 13.3. The molecule has 0 aliphatic carbocycles. The number of nitriles is 1. The van der Waals surface area contributed by atoms with Gasteiger partial charge in [-0.05, 0) is 24.3 Å². The Morgan fingerprint density at radius 3 is 2.55 bits per heavy atom. The second-order valence-corrected chi connectivity index (χ2v) is 10.6. The standard InChI is InChI=1S/C21H26N2O3S3/c1-18-14-27-16-20(17-28-15-18)26-12-11-23(19-7-4-3-5-8-19)10-6-9-21(13-22)29(2,24)25/h3-10,20H,1,11-12,14-17H2,2H3/b10-6+,21-9+. The zero-order chi connectivity index (χ0) is 21.1. The summed E-state index contributed by atoms with van der Waals surface area (Å²) in [5.41, 5.74) is 2.24. The van der Waals surface area contributed by atoms with E-state index in [1.54, 1.807) is 18.3 Å². The van der Waals surface area contributed by atoms with Gasteiger partial charge in [-0.15, -0.1) is 0 Å². The van der Waals surface area contributed by atoms with Crippen LogP contribution in [0, 0.1) is 11.3 Å². The molecule has 29 heavy (non-hydrogen) atoms. The van der Waals surface area contributed by atoms with Crippen LogP contribution >= 0.6 is 23.5 Å². The predicted molar refractivity (Wildman–Crippen MR) is 125 cm³/mol. The van der Waals surface area contributed by atoms with E-state index in [4.69, 9.17) is 10.00 Å². The molecule has 0 unspecified atom stereocenters. The summed E-state index contributed by atoms with van der Waals surface area (Å²) in [6.45, 7) is 5.23. The van der Waals surface area contributed by atoms with Crippen molar-refractivity contribution in [1.82, 2.24) is 0 Å². The molecule has 2 rings (SSSR count). The molecule has 0 atom stereocenters. The monoisotopic (exact) mass is 450 g/mol. The van der Waals surface area contributed by atoms with Crippen LogP contribution in [0.4, 0.5) is 5.69 Å². The lowest BCUT2D eigenvalue weighted by Gasteiger charge is -2.24. The molecular formula is C21H26N2O3S3. The molecule has 0 bridgehead atoms. The summed E-state index contributed by atoms with van der Waals surface area (Å²) in [4.78, 5) is 1.72. The van der Waals surface area contributed by atoms with Crippen molar-refractivity contribution in [2.45, 2.75) is 6.10 Å². The van der Waals surface area contributed by atoms with Crippen molar-refractivity contribution in [3.63, 3.8) is 0 Å². The van der Waals surface area contributed by atoms with Crippen molar-refractivity contribution in [1.29, 1.82) is 5.26 Å². The molecule has 156 valence electrons. The van der Waals surface area contributed by atoms with Gasteiger partial charge in [-0.1, -0.05) is 30.4 Å². The van der Waals surface area contributed by atoms with Crippen LogP contribution in [0.25, 0.3) is 0 Å². The fraction of sp³-hybridized carbons (Fsp3) is 0.381. The molecule has 1 aliphatic heterocycles. The van der Waals surface area contributed by atoms with Gasteiger partial charge in [0.1, 0.15) is 11.0 Å². The third-order valence-electron chi connectivity index (χ3n) is 4.02. The average molecular weight is 451 g/mol. The zero-order valence-electron chi connectivity index (χ0n) is 16.5. The quantitative estimate of drug-likeness (QED) is 0.338. The Morgan fingerprint density at radius 1 is 1.31 bits per heavy atom. The Labute approximate surface area is 182 Å². The summed E-state index contributed by atoms with van der Waals surface area (Å²) in [5, 5.41) is 9.01. The summed E-state index contributed by atoms with van der Waals surface area (Å²) in [7, 11) is -3.52. The molecule has 8 heteroatoms. The maximum absolute atomic E-state index is 11.6. The van der Waals surface area contributed by atoms with E-state index in [0.717, 1.165) is 35.0 Å². The highest BCUT2D eigenvalue weighted by molar-refractivity contribution is 8.01. The second-order valence-electron chi connectivity index (χ2n) is 6.56. The molecule has 0 amide bonds. The number of hydrogen-bond acceptors (Lipinski definition) is 7. The number of thioether (sulfide) groups is 2. The smallest absolute Gasteiger partial charge is 0.185 e. The molecule has 5 nitrogen and oxygen atoms in total. The molecule has 0 N–H and O–H groups in total. The minimum absolute atomic E-state index is 0.204. The molecule has 1 aliphatic rings. The zero-order valence-corrected chi connectivity index (χ0v) is 18.9. The number of benzene rings is 1. The minimum atomic E-state index is -3.52. The number of rotatable bonds is 8. The maximum atomic E-state index is 11.6. The summed E-state index contributed by atoms with van der Waals surface area (Å²) >= 11 is 3.72. The number of allylic oxidation sites excluding steroid dienone is 3. The first-order chi connectivity index (χ1) is 13.9. The van der Waals surface area contributed by atoms with Gasteiger partial charge >= 0.3 is 0 Å². The predicted octanol–water partition coefficient (Wildman–Crippen LogP) is 3.88. The van der Waals surface area contributed by atoms with E-state index < -0.39 is 9.84 Å². The van der Waals surface area contributed by atoms with E-state index >= 15 is 0 Å². The SMILES string of the molecule is C=C1CSCC(OCCN(/C=C/C=C(\C#N)S(C)(=O)=O)c2ccccc2)CSC1. The van der Waals surface area contributed by atoms with Crippen molar-refractivity contribution in [2.75, 3.05) is 47.3 Å². The van der Waals surface area contributed by atoms with Gasteiger partial charge in [-0.3, -0.25) is 0 Å². The highest BCUT2D eigenvalue weighted by Crippen LogP contribution is 2.21. The average Bonchev–Trinajstić information content (AvgIpc) is 2.67. The van der Waals surface area contributed by atoms with Gasteiger partial charge in [-0.25, -0.2) is 8.42 Å². The van der Waals surface area contributed by atoms with E-state index in [1.165, 1.54) is 11.6 Å². The van der Waals surface area contributed by atoms with Gasteiger partial charge in [0.15, 0.2) is 9.84 Å². The van der Waals surface area contributed by atoms with E-state index in [0.29, 0.717) is 13.2 Å². The van der Waals surface area contributed by atoms with Crippen LogP contribution in [0.2, 0.25) is 0 Å². The molecule has 0 spiro atoms. The van der Waals surface area contributed by atoms with Crippen LogP contribution in [-0.2, 0) is 14.6 Å². The Kier molecular flexibility index (Phi) is 9.88. The van der Waals surface area contributed by atoms with Crippen LogP contribution in [0.15, 0.2) is 65.7 Å². The molecule has 0 radical (unpaired) electrons. The van der Waals surface area contributed by atoms with Crippen molar-refractivity contribution in [2.24, 2.45) is 0 Å². The number of nitrogens with zero attached hydrogens (tertiary/aromatic N) is 2. The molecule has 1 aromatic carbocycles. The fourth-order valence-corrected chi connectivity index (χ4v) is 5.30. The maximum Gasteiger partial charge on any atom is 0.185 e. The molecule has 1 saturated heterocycles.